The molecule has 0 bridgehead atoms. The van der Waals surface area contributed by atoms with Gasteiger partial charge in [-0.2, -0.15) is 0 Å². The van der Waals surface area contributed by atoms with Gasteiger partial charge in [0.05, 0.1) is 30.9 Å². The third kappa shape index (κ3) is 5.39. The van der Waals surface area contributed by atoms with Crippen molar-refractivity contribution in [3.8, 4) is 5.69 Å². The highest BCUT2D eigenvalue weighted by Crippen LogP contribution is 2.17. The lowest BCUT2D eigenvalue weighted by atomic mass is 10.1. The van der Waals surface area contributed by atoms with Crippen LogP contribution in [-0.4, -0.2) is 49.2 Å². The van der Waals surface area contributed by atoms with Crippen molar-refractivity contribution in [1.82, 2.24) is 4.57 Å². The predicted octanol–water partition coefficient (Wildman–Crippen LogP) is 2.85. The van der Waals surface area contributed by atoms with Gasteiger partial charge in [-0.1, -0.05) is 6.07 Å². The molecule has 0 radical (unpaired) electrons. The van der Waals surface area contributed by atoms with Crippen LogP contribution in [0.15, 0.2) is 67.0 Å². The summed E-state index contributed by atoms with van der Waals surface area (Å²) in [5, 5.41) is 2.49. The summed E-state index contributed by atoms with van der Waals surface area (Å²) in [6.45, 7) is -0.567. The second kappa shape index (κ2) is 10.1. The van der Waals surface area contributed by atoms with E-state index < -0.39 is 30.4 Å². The van der Waals surface area contributed by atoms with Crippen LogP contribution in [0.3, 0.4) is 0 Å². The monoisotopic (exact) mass is 436 g/mol. The van der Waals surface area contributed by atoms with Crippen LogP contribution in [0.4, 0.5) is 5.69 Å². The number of benzene rings is 2. The molecule has 0 aliphatic heterocycles. The Morgan fingerprint density at radius 2 is 1.41 bits per heavy atom. The number of hydrogen-bond donors (Lipinski definition) is 1. The number of aromatic nitrogens is 1. The Bertz CT molecular complexity index is 1120. The summed E-state index contributed by atoms with van der Waals surface area (Å²) < 4.78 is 16.2. The number of nitrogens with zero attached hydrogens (tertiary/aromatic N) is 1. The molecular formula is C23H20N2O7. The van der Waals surface area contributed by atoms with Crippen molar-refractivity contribution in [3.63, 3.8) is 0 Å². The molecule has 0 spiro atoms. The van der Waals surface area contributed by atoms with Gasteiger partial charge in [0, 0.05) is 23.8 Å². The molecule has 0 saturated heterocycles. The SMILES string of the molecule is COC(=O)c1cc(NC(=O)COC(=O)c2cccc(-n3cccc3)c2)cc(C(=O)OC)c1. The Morgan fingerprint density at radius 1 is 0.781 bits per heavy atom. The number of methoxy groups -OCH3 is 2. The van der Waals surface area contributed by atoms with Crippen molar-refractivity contribution in [2.24, 2.45) is 0 Å². The van der Waals surface area contributed by atoms with Crippen LogP contribution in [0, 0.1) is 0 Å². The van der Waals surface area contributed by atoms with Gasteiger partial charge in [0.2, 0.25) is 0 Å². The van der Waals surface area contributed by atoms with E-state index in [-0.39, 0.29) is 22.4 Å². The topological polar surface area (TPSA) is 113 Å². The number of hydrogen-bond acceptors (Lipinski definition) is 7. The molecular weight excluding hydrogens is 416 g/mol. The lowest BCUT2D eigenvalue weighted by Crippen LogP contribution is -2.21. The molecule has 0 aliphatic carbocycles. The van der Waals surface area contributed by atoms with Gasteiger partial charge in [-0.3, -0.25) is 4.79 Å². The van der Waals surface area contributed by atoms with E-state index in [4.69, 9.17) is 4.74 Å². The molecule has 0 fully saturated rings. The maximum Gasteiger partial charge on any atom is 0.338 e. The van der Waals surface area contributed by atoms with E-state index in [1.54, 1.807) is 18.2 Å². The second-order valence-electron chi connectivity index (χ2n) is 6.55. The zero-order valence-corrected chi connectivity index (χ0v) is 17.4. The number of esters is 3. The summed E-state index contributed by atoms with van der Waals surface area (Å²) >= 11 is 0. The van der Waals surface area contributed by atoms with Crippen LogP contribution in [0.1, 0.15) is 31.1 Å². The minimum Gasteiger partial charge on any atom is -0.465 e. The van der Waals surface area contributed by atoms with Crippen molar-refractivity contribution >= 4 is 29.5 Å². The summed E-state index contributed by atoms with van der Waals surface area (Å²) in [5.41, 5.74) is 1.28. The minimum absolute atomic E-state index is 0.0459. The number of rotatable bonds is 7. The van der Waals surface area contributed by atoms with Gasteiger partial charge in [-0.15, -0.1) is 0 Å². The molecule has 9 heteroatoms. The number of carbonyl (C=O) groups is 4. The molecule has 9 nitrogen and oxygen atoms in total. The first-order chi connectivity index (χ1) is 15.4. The molecule has 32 heavy (non-hydrogen) atoms. The van der Waals surface area contributed by atoms with Crippen LogP contribution in [0.5, 0.6) is 0 Å². The average molecular weight is 436 g/mol. The van der Waals surface area contributed by atoms with Gasteiger partial charge in [-0.25, -0.2) is 14.4 Å². The first-order valence-corrected chi connectivity index (χ1v) is 9.43. The molecule has 1 amide bonds. The third-order valence-electron chi connectivity index (χ3n) is 4.38. The number of ether oxygens (including phenoxy) is 3. The molecule has 1 aromatic heterocycles. The zero-order valence-electron chi connectivity index (χ0n) is 17.4. The smallest absolute Gasteiger partial charge is 0.338 e. The minimum atomic E-state index is -0.694. The van der Waals surface area contributed by atoms with Crippen LogP contribution in [0.25, 0.3) is 5.69 Å². The maximum atomic E-state index is 12.4. The lowest BCUT2D eigenvalue weighted by molar-refractivity contribution is -0.119. The first kappa shape index (κ1) is 22.3. The van der Waals surface area contributed by atoms with Crippen molar-refractivity contribution in [3.05, 3.63) is 83.7 Å². The molecule has 2 aromatic carbocycles. The van der Waals surface area contributed by atoms with Crippen LogP contribution >= 0.6 is 0 Å². The molecule has 1 N–H and O–H groups in total. The highest BCUT2D eigenvalue weighted by molar-refractivity contribution is 6.00. The Kier molecular flexibility index (Phi) is 7.02. The number of anilines is 1. The number of carbonyl (C=O) groups excluding carboxylic acids is 4. The maximum absolute atomic E-state index is 12.4. The quantitative estimate of drug-likeness (QED) is 0.448. The molecule has 0 atom stereocenters. The molecule has 3 aromatic rings. The highest BCUT2D eigenvalue weighted by atomic mass is 16.5. The number of amides is 1. The fourth-order valence-corrected chi connectivity index (χ4v) is 2.88. The zero-order chi connectivity index (χ0) is 23.1. The molecule has 0 aliphatic rings. The van der Waals surface area contributed by atoms with E-state index in [2.05, 4.69) is 14.8 Å². The van der Waals surface area contributed by atoms with E-state index in [1.165, 1.54) is 32.4 Å². The van der Waals surface area contributed by atoms with Crippen molar-refractivity contribution < 1.29 is 33.4 Å². The van der Waals surface area contributed by atoms with Gasteiger partial charge in [0.15, 0.2) is 6.61 Å². The molecule has 3 rings (SSSR count). The molecule has 164 valence electrons. The second-order valence-corrected chi connectivity index (χ2v) is 6.55. The van der Waals surface area contributed by atoms with Crippen molar-refractivity contribution in [2.45, 2.75) is 0 Å². The standard InChI is InChI=1S/C23H20N2O7/c1-30-21(27)16-10-17(22(28)31-2)12-18(11-16)24-20(26)14-32-23(29)15-6-5-7-19(13-15)25-8-3-4-9-25/h3-13H,14H2,1-2H3,(H,24,26). The van der Waals surface area contributed by atoms with E-state index >= 15 is 0 Å². The summed E-state index contributed by atoms with van der Waals surface area (Å²) in [7, 11) is 2.38. The Balaban J connectivity index is 1.67. The average Bonchev–Trinajstić information content (AvgIpc) is 3.36. The van der Waals surface area contributed by atoms with Crippen molar-refractivity contribution in [2.75, 3.05) is 26.1 Å². The fraction of sp³-hybridized carbons (Fsp3) is 0.130. The summed E-state index contributed by atoms with van der Waals surface area (Å²) in [5.74, 6) is -2.72. The Hall–Kier alpha value is -4.40. The van der Waals surface area contributed by atoms with E-state index in [0.717, 1.165) is 5.69 Å². The van der Waals surface area contributed by atoms with Crippen molar-refractivity contribution in [1.29, 1.82) is 0 Å². The molecule has 1 heterocycles. The predicted molar refractivity (Wildman–Crippen MR) is 114 cm³/mol. The normalized spacial score (nSPS) is 10.2. The highest BCUT2D eigenvalue weighted by Gasteiger charge is 2.16. The number of nitrogens with one attached hydrogen (secondary N) is 1. The molecule has 0 unspecified atom stereocenters. The first-order valence-electron chi connectivity index (χ1n) is 9.43. The van der Waals surface area contributed by atoms with Crippen LogP contribution in [-0.2, 0) is 19.0 Å². The van der Waals surface area contributed by atoms with Gasteiger partial charge in [-0.05, 0) is 48.5 Å². The summed E-state index contributed by atoms with van der Waals surface area (Å²) in [6.07, 6.45) is 3.67. The third-order valence-corrected chi connectivity index (χ3v) is 4.38. The van der Waals surface area contributed by atoms with Crippen LogP contribution < -0.4 is 5.32 Å². The Morgan fingerprint density at radius 3 is 2.00 bits per heavy atom. The largest absolute Gasteiger partial charge is 0.465 e. The van der Waals surface area contributed by atoms with E-state index in [9.17, 15) is 19.2 Å². The lowest BCUT2D eigenvalue weighted by Gasteiger charge is -2.10. The van der Waals surface area contributed by atoms with Gasteiger partial charge in [0.1, 0.15) is 0 Å². The van der Waals surface area contributed by atoms with E-state index in [0.29, 0.717) is 0 Å². The Labute approximate surface area is 183 Å². The van der Waals surface area contributed by atoms with Gasteiger partial charge < -0.3 is 24.1 Å². The van der Waals surface area contributed by atoms with Crippen LogP contribution in [0.2, 0.25) is 0 Å². The van der Waals surface area contributed by atoms with Gasteiger partial charge in [0.25, 0.3) is 5.91 Å². The van der Waals surface area contributed by atoms with Gasteiger partial charge >= 0.3 is 17.9 Å². The summed E-state index contributed by atoms with van der Waals surface area (Å²) in [4.78, 5) is 48.3. The fourth-order valence-electron chi connectivity index (χ4n) is 2.88. The van der Waals surface area contributed by atoms with E-state index in [1.807, 2.05) is 35.2 Å². The summed E-state index contributed by atoms with van der Waals surface area (Å²) in [6, 6.07) is 14.4. The molecule has 0 saturated carbocycles.